The summed E-state index contributed by atoms with van der Waals surface area (Å²) in [6.45, 7) is 5.76. The molecule has 0 spiro atoms. The maximum absolute atomic E-state index is 12.1. The van der Waals surface area contributed by atoms with Crippen LogP contribution in [-0.2, 0) is 14.3 Å². The molecule has 0 bridgehead atoms. The topological polar surface area (TPSA) is 55.8 Å². The van der Waals surface area contributed by atoms with Gasteiger partial charge in [-0.3, -0.25) is 4.79 Å². The Morgan fingerprint density at radius 1 is 1.21 bits per heavy atom. The Morgan fingerprint density at radius 3 is 2.42 bits per heavy atom. The SMILES string of the molecule is CC(C)(C)OC(=O)N1CCC(OC2CCCC2)C1=O. The molecule has 5 nitrogen and oxygen atoms in total. The maximum atomic E-state index is 12.1. The molecule has 0 aromatic rings. The molecule has 2 amide bonds. The normalized spacial score (nSPS) is 25.1. The molecule has 1 aliphatic heterocycles. The van der Waals surface area contributed by atoms with Gasteiger partial charge in [-0.2, -0.15) is 0 Å². The first-order valence-corrected chi connectivity index (χ1v) is 7.06. The Balaban J connectivity index is 1.88. The van der Waals surface area contributed by atoms with Gasteiger partial charge in [0.05, 0.1) is 6.10 Å². The quantitative estimate of drug-likeness (QED) is 0.772. The fourth-order valence-electron chi connectivity index (χ4n) is 2.54. The molecule has 1 saturated heterocycles. The van der Waals surface area contributed by atoms with E-state index in [0.717, 1.165) is 12.8 Å². The number of ether oxygens (including phenoxy) is 2. The lowest BCUT2D eigenvalue weighted by Gasteiger charge is -2.23. The molecule has 2 fully saturated rings. The lowest BCUT2D eigenvalue weighted by molar-refractivity contribution is -0.139. The highest BCUT2D eigenvalue weighted by molar-refractivity contribution is 5.96. The Kier molecular flexibility index (Phi) is 4.13. The van der Waals surface area contributed by atoms with Crippen LogP contribution in [0.2, 0.25) is 0 Å². The van der Waals surface area contributed by atoms with E-state index in [2.05, 4.69) is 0 Å². The number of nitrogens with zero attached hydrogens (tertiary/aromatic N) is 1. The Morgan fingerprint density at radius 2 is 1.84 bits per heavy atom. The zero-order valence-electron chi connectivity index (χ0n) is 12.0. The van der Waals surface area contributed by atoms with Crippen molar-refractivity contribution in [3.8, 4) is 0 Å². The van der Waals surface area contributed by atoms with Crippen molar-refractivity contribution >= 4 is 12.0 Å². The summed E-state index contributed by atoms with van der Waals surface area (Å²) in [6.07, 6.45) is 4.13. The van der Waals surface area contributed by atoms with E-state index in [1.165, 1.54) is 17.7 Å². The fourth-order valence-corrected chi connectivity index (χ4v) is 2.54. The number of carbonyl (C=O) groups is 2. The minimum Gasteiger partial charge on any atom is -0.443 e. The van der Waals surface area contributed by atoms with Crippen molar-refractivity contribution in [1.29, 1.82) is 0 Å². The van der Waals surface area contributed by atoms with Gasteiger partial charge in [0, 0.05) is 13.0 Å². The standard InChI is InChI=1S/C14H23NO4/c1-14(2,3)19-13(17)15-9-8-11(12(15)16)18-10-6-4-5-7-10/h10-11H,4-9H2,1-3H3. The van der Waals surface area contributed by atoms with Crippen molar-refractivity contribution in [2.24, 2.45) is 0 Å². The van der Waals surface area contributed by atoms with Crippen LogP contribution in [0.1, 0.15) is 52.9 Å². The van der Waals surface area contributed by atoms with Gasteiger partial charge in [-0.25, -0.2) is 9.69 Å². The zero-order chi connectivity index (χ0) is 14.0. The third kappa shape index (κ3) is 3.69. The second kappa shape index (κ2) is 5.49. The van der Waals surface area contributed by atoms with E-state index >= 15 is 0 Å². The van der Waals surface area contributed by atoms with Crippen LogP contribution >= 0.6 is 0 Å². The zero-order valence-corrected chi connectivity index (χ0v) is 12.0. The van der Waals surface area contributed by atoms with Crippen LogP contribution in [0, 0.1) is 0 Å². The van der Waals surface area contributed by atoms with E-state index in [-0.39, 0.29) is 12.0 Å². The molecule has 0 aromatic carbocycles. The van der Waals surface area contributed by atoms with E-state index in [4.69, 9.17) is 9.47 Å². The number of rotatable bonds is 2. The fraction of sp³-hybridized carbons (Fsp3) is 0.857. The van der Waals surface area contributed by atoms with Gasteiger partial charge in [-0.05, 0) is 33.6 Å². The largest absolute Gasteiger partial charge is 0.443 e. The lowest BCUT2D eigenvalue weighted by atomic mass is 10.2. The molecule has 2 rings (SSSR count). The molecule has 1 heterocycles. The molecule has 0 aromatic heterocycles. The number of likely N-dealkylation sites (tertiary alicyclic amines) is 1. The second-order valence-electron chi connectivity index (χ2n) is 6.29. The summed E-state index contributed by atoms with van der Waals surface area (Å²) in [6, 6.07) is 0. The molecular formula is C14H23NO4. The summed E-state index contributed by atoms with van der Waals surface area (Å²) in [7, 11) is 0. The summed E-state index contributed by atoms with van der Waals surface area (Å²) in [5, 5.41) is 0. The summed E-state index contributed by atoms with van der Waals surface area (Å²) < 4.78 is 11.0. The highest BCUT2D eigenvalue weighted by Crippen LogP contribution is 2.26. The number of hydrogen-bond donors (Lipinski definition) is 0. The monoisotopic (exact) mass is 269 g/mol. The minimum atomic E-state index is -0.582. The van der Waals surface area contributed by atoms with Crippen molar-refractivity contribution < 1.29 is 19.1 Å². The first kappa shape index (κ1) is 14.3. The Bertz CT molecular complexity index is 355. The number of hydrogen-bond acceptors (Lipinski definition) is 4. The van der Waals surface area contributed by atoms with Gasteiger partial charge in [-0.15, -0.1) is 0 Å². The molecule has 0 N–H and O–H groups in total. The molecular weight excluding hydrogens is 246 g/mol. The van der Waals surface area contributed by atoms with E-state index in [1.54, 1.807) is 20.8 Å². The summed E-state index contributed by atoms with van der Waals surface area (Å²) in [4.78, 5) is 25.2. The van der Waals surface area contributed by atoms with Crippen LogP contribution in [0.15, 0.2) is 0 Å². The number of amides is 2. The Labute approximate surface area is 114 Å². The first-order valence-electron chi connectivity index (χ1n) is 7.06. The van der Waals surface area contributed by atoms with E-state index in [1.807, 2.05) is 0 Å². The molecule has 1 saturated carbocycles. The van der Waals surface area contributed by atoms with Crippen molar-refractivity contribution in [2.75, 3.05) is 6.54 Å². The highest BCUT2D eigenvalue weighted by atomic mass is 16.6. The summed E-state index contributed by atoms with van der Waals surface area (Å²) in [5.41, 5.74) is -0.582. The third-order valence-electron chi connectivity index (χ3n) is 3.43. The van der Waals surface area contributed by atoms with Crippen LogP contribution in [0.3, 0.4) is 0 Å². The van der Waals surface area contributed by atoms with Crippen LogP contribution in [0.4, 0.5) is 4.79 Å². The van der Waals surface area contributed by atoms with E-state index in [9.17, 15) is 9.59 Å². The van der Waals surface area contributed by atoms with Crippen molar-refractivity contribution in [1.82, 2.24) is 4.90 Å². The van der Waals surface area contributed by atoms with Crippen LogP contribution in [0.5, 0.6) is 0 Å². The van der Waals surface area contributed by atoms with Gasteiger partial charge >= 0.3 is 6.09 Å². The predicted molar refractivity (Wildman–Crippen MR) is 69.7 cm³/mol. The van der Waals surface area contributed by atoms with E-state index in [0.29, 0.717) is 13.0 Å². The van der Waals surface area contributed by atoms with Crippen LogP contribution < -0.4 is 0 Å². The van der Waals surface area contributed by atoms with Gasteiger partial charge in [0.2, 0.25) is 0 Å². The molecule has 1 aliphatic carbocycles. The van der Waals surface area contributed by atoms with Crippen molar-refractivity contribution in [2.45, 2.75) is 70.7 Å². The number of imide groups is 1. The molecule has 2 aliphatic rings. The van der Waals surface area contributed by atoms with Crippen LogP contribution in [0.25, 0.3) is 0 Å². The van der Waals surface area contributed by atoms with Gasteiger partial charge in [0.25, 0.3) is 5.91 Å². The maximum Gasteiger partial charge on any atom is 0.417 e. The molecule has 1 unspecified atom stereocenters. The van der Waals surface area contributed by atoms with Crippen molar-refractivity contribution in [3.05, 3.63) is 0 Å². The smallest absolute Gasteiger partial charge is 0.417 e. The summed E-state index contributed by atoms with van der Waals surface area (Å²) in [5.74, 6) is -0.249. The molecule has 1 atom stereocenters. The highest BCUT2D eigenvalue weighted by Gasteiger charge is 2.39. The van der Waals surface area contributed by atoms with Gasteiger partial charge in [-0.1, -0.05) is 12.8 Å². The van der Waals surface area contributed by atoms with Crippen molar-refractivity contribution in [3.63, 3.8) is 0 Å². The second-order valence-corrected chi connectivity index (χ2v) is 6.29. The van der Waals surface area contributed by atoms with Gasteiger partial charge in [0.15, 0.2) is 0 Å². The summed E-state index contributed by atoms with van der Waals surface area (Å²) >= 11 is 0. The van der Waals surface area contributed by atoms with Gasteiger partial charge in [0.1, 0.15) is 11.7 Å². The molecule has 19 heavy (non-hydrogen) atoms. The van der Waals surface area contributed by atoms with Gasteiger partial charge < -0.3 is 9.47 Å². The minimum absolute atomic E-state index is 0.188. The van der Waals surface area contributed by atoms with Crippen LogP contribution in [-0.4, -0.2) is 41.3 Å². The Hall–Kier alpha value is -1.10. The number of carbonyl (C=O) groups excluding carboxylic acids is 2. The molecule has 0 radical (unpaired) electrons. The molecule has 108 valence electrons. The van der Waals surface area contributed by atoms with E-state index < -0.39 is 17.8 Å². The predicted octanol–water partition coefficient (Wildman–Crippen LogP) is 2.48. The lowest BCUT2D eigenvalue weighted by Crippen LogP contribution is -2.40. The average molecular weight is 269 g/mol. The average Bonchev–Trinajstić information content (AvgIpc) is 2.88. The third-order valence-corrected chi connectivity index (χ3v) is 3.43. The molecule has 5 heteroatoms. The first-order chi connectivity index (χ1) is 8.87.